The van der Waals surface area contributed by atoms with Crippen LogP contribution in [0.25, 0.3) is 0 Å². The van der Waals surface area contributed by atoms with E-state index in [1.807, 2.05) is 0 Å². The third-order valence-corrected chi connectivity index (χ3v) is 3.66. The molecular formula is C15H19NO5. The van der Waals surface area contributed by atoms with Gasteiger partial charge in [0.25, 0.3) is 0 Å². The fourth-order valence-electron chi connectivity index (χ4n) is 2.27. The molecule has 1 aromatic rings. The summed E-state index contributed by atoms with van der Waals surface area (Å²) in [6, 6.07) is 8.55. The lowest BCUT2D eigenvalue weighted by Crippen LogP contribution is -2.44. The molecule has 0 saturated carbocycles. The monoisotopic (exact) mass is 293 g/mol. The highest BCUT2D eigenvalue weighted by molar-refractivity contribution is 6.03. The van der Waals surface area contributed by atoms with Crippen LogP contribution in [0, 0.1) is 15.5 Å². The zero-order valence-corrected chi connectivity index (χ0v) is 12.4. The number of ether oxygens (including phenoxy) is 1. The average molecular weight is 293 g/mol. The summed E-state index contributed by atoms with van der Waals surface area (Å²) in [6.07, 6.45) is 0. The molecule has 0 saturated heterocycles. The van der Waals surface area contributed by atoms with E-state index in [-0.39, 0.29) is 6.61 Å². The minimum Gasteiger partial charge on any atom is -0.465 e. The lowest BCUT2D eigenvalue weighted by Gasteiger charge is -2.31. The van der Waals surface area contributed by atoms with Crippen molar-refractivity contribution >= 4 is 11.8 Å². The highest BCUT2D eigenvalue weighted by Gasteiger charge is 2.50. The van der Waals surface area contributed by atoms with E-state index in [2.05, 4.69) is 0 Å². The number of ketones is 1. The second-order valence-corrected chi connectivity index (χ2v) is 4.96. The number of rotatable bonds is 7. The normalized spacial score (nSPS) is 14.8. The van der Waals surface area contributed by atoms with Gasteiger partial charge in [-0.15, -0.1) is 0 Å². The van der Waals surface area contributed by atoms with Gasteiger partial charge >= 0.3 is 5.97 Å². The molecule has 0 heterocycles. The Labute approximate surface area is 123 Å². The van der Waals surface area contributed by atoms with Crippen LogP contribution < -0.4 is 0 Å². The van der Waals surface area contributed by atoms with Crippen molar-refractivity contribution in [2.75, 3.05) is 13.2 Å². The van der Waals surface area contributed by atoms with Gasteiger partial charge in [0, 0.05) is 4.92 Å². The summed E-state index contributed by atoms with van der Waals surface area (Å²) >= 11 is 0. The molecule has 0 bridgehead atoms. The summed E-state index contributed by atoms with van der Waals surface area (Å²) in [7, 11) is 0. The summed E-state index contributed by atoms with van der Waals surface area (Å²) in [6.45, 7) is 3.89. The number of esters is 1. The molecule has 6 heteroatoms. The topological polar surface area (TPSA) is 86.5 Å². The first-order valence-corrected chi connectivity index (χ1v) is 6.69. The van der Waals surface area contributed by atoms with Gasteiger partial charge in [-0.1, -0.05) is 30.3 Å². The van der Waals surface area contributed by atoms with Crippen LogP contribution in [0.5, 0.6) is 0 Å². The molecular weight excluding hydrogens is 274 g/mol. The predicted octanol–water partition coefficient (Wildman–Crippen LogP) is 2.21. The maximum atomic E-state index is 12.2. The Morgan fingerprint density at radius 1 is 1.33 bits per heavy atom. The largest absolute Gasteiger partial charge is 0.465 e. The Morgan fingerprint density at radius 3 is 2.33 bits per heavy atom. The quantitative estimate of drug-likeness (QED) is 0.333. The van der Waals surface area contributed by atoms with Gasteiger partial charge in [-0.2, -0.15) is 0 Å². The molecule has 1 aromatic carbocycles. The Balaban J connectivity index is 3.34. The molecule has 0 aromatic heterocycles. The molecule has 21 heavy (non-hydrogen) atoms. The van der Waals surface area contributed by atoms with E-state index in [0.717, 1.165) is 0 Å². The molecule has 6 nitrogen and oxygen atoms in total. The Hall–Kier alpha value is -2.24. The molecule has 0 aliphatic heterocycles. The minimum absolute atomic E-state index is 0.113. The van der Waals surface area contributed by atoms with Crippen molar-refractivity contribution in [2.24, 2.45) is 5.41 Å². The Kier molecular flexibility index (Phi) is 5.58. The van der Waals surface area contributed by atoms with Crippen LogP contribution in [0.3, 0.4) is 0 Å². The van der Waals surface area contributed by atoms with Gasteiger partial charge in [0.1, 0.15) is 11.2 Å². The van der Waals surface area contributed by atoms with Crippen molar-refractivity contribution in [1.82, 2.24) is 0 Å². The zero-order chi connectivity index (χ0) is 16.0. The van der Waals surface area contributed by atoms with Gasteiger partial charge in [0.05, 0.1) is 12.5 Å². The fourth-order valence-corrected chi connectivity index (χ4v) is 2.27. The maximum absolute atomic E-state index is 12.2. The average Bonchev–Trinajstić information content (AvgIpc) is 2.44. The highest BCUT2D eigenvalue weighted by atomic mass is 16.6. The second-order valence-electron chi connectivity index (χ2n) is 4.96. The predicted molar refractivity (Wildman–Crippen MR) is 76.5 cm³/mol. The molecule has 0 spiro atoms. The molecule has 0 fully saturated rings. The van der Waals surface area contributed by atoms with Crippen molar-refractivity contribution in [2.45, 2.75) is 26.7 Å². The number of carbonyl (C=O) groups is 2. The zero-order valence-electron chi connectivity index (χ0n) is 12.4. The molecule has 0 amide bonds. The van der Waals surface area contributed by atoms with E-state index in [0.29, 0.717) is 5.56 Å². The number of benzene rings is 1. The first kappa shape index (κ1) is 16.8. The molecule has 0 radical (unpaired) electrons. The van der Waals surface area contributed by atoms with Crippen LogP contribution >= 0.6 is 0 Å². The summed E-state index contributed by atoms with van der Waals surface area (Å²) < 4.78 is 4.97. The first-order chi connectivity index (χ1) is 9.83. The third kappa shape index (κ3) is 3.65. The molecule has 0 N–H and O–H groups in total. The molecule has 2 unspecified atom stereocenters. The summed E-state index contributed by atoms with van der Waals surface area (Å²) in [5, 5.41) is 11.0. The Bertz CT molecular complexity index is 528. The van der Waals surface area contributed by atoms with E-state index < -0.39 is 34.6 Å². The summed E-state index contributed by atoms with van der Waals surface area (Å²) in [4.78, 5) is 34.8. The van der Waals surface area contributed by atoms with Gasteiger partial charge < -0.3 is 4.74 Å². The van der Waals surface area contributed by atoms with Gasteiger partial charge in [0.15, 0.2) is 0 Å². The van der Waals surface area contributed by atoms with Crippen LogP contribution in [0.4, 0.5) is 0 Å². The molecule has 1 rings (SSSR count). The van der Waals surface area contributed by atoms with Gasteiger partial charge in [0.2, 0.25) is 6.54 Å². The van der Waals surface area contributed by atoms with E-state index in [9.17, 15) is 19.7 Å². The lowest BCUT2D eigenvalue weighted by atomic mass is 9.70. The van der Waals surface area contributed by atoms with Crippen LogP contribution in [-0.2, 0) is 14.3 Å². The van der Waals surface area contributed by atoms with Gasteiger partial charge in [-0.05, 0) is 26.3 Å². The molecule has 0 aliphatic carbocycles. The molecule has 0 aliphatic rings. The maximum Gasteiger partial charge on any atom is 0.320 e. The fraction of sp³-hybridized carbons (Fsp3) is 0.467. The first-order valence-electron chi connectivity index (χ1n) is 6.69. The number of Topliss-reactive ketones (excluding diaryl/α,β-unsaturated/α-hetero) is 1. The van der Waals surface area contributed by atoms with Crippen molar-refractivity contribution in [3.05, 3.63) is 46.0 Å². The number of nitrogens with zero attached hydrogens (tertiary/aromatic N) is 1. The van der Waals surface area contributed by atoms with Gasteiger partial charge in [-0.3, -0.25) is 19.7 Å². The minimum atomic E-state index is -1.58. The smallest absolute Gasteiger partial charge is 0.320 e. The highest BCUT2D eigenvalue weighted by Crippen LogP contribution is 2.38. The number of hydrogen-bond donors (Lipinski definition) is 0. The number of hydrogen-bond acceptors (Lipinski definition) is 5. The van der Waals surface area contributed by atoms with Crippen molar-refractivity contribution < 1.29 is 19.2 Å². The molecule has 2 atom stereocenters. The SMILES string of the molecule is CCOC(=O)C(C)(C(C)=O)C(C[N+](=O)[O-])c1ccccc1. The van der Waals surface area contributed by atoms with Crippen molar-refractivity contribution in [1.29, 1.82) is 0 Å². The van der Waals surface area contributed by atoms with Crippen molar-refractivity contribution in [3.63, 3.8) is 0 Å². The van der Waals surface area contributed by atoms with E-state index >= 15 is 0 Å². The second kappa shape index (κ2) is 6.97. The Morgan fingerprint density at radius 2 is 1.90 bits per heavy atom. The summed E-state index contributed by atoms with van der Waals surface area (Å²) in [5.41, 5.74) is -1.01. The van der Waals surface area contributed by atoms with E-state index in [1.165, 1.54) is 13.8 Å². The standard InChI is InChI=1S/C15H19NO5/c1-4-21-14(18)15(3,11(2)17)13(10-16(19)20)12-8-6-5-7-9-12/h5-9,13H,4,10H2,1-3H3. The number of carbonyl (C=O) groups excluding carboxylic acids is 2. The number of nitro groups is 1. The van der Waals surface area contributed by atoms with E-state index in [4.69, 9.17) is 4.74 Å². The van der Waals surface area contributed by atoms with E-state index in [1.54, 1.807) is 37.3 Å². The molecule has 114 valence electrons. The lowest BCUT2D eigenvalue weighted by molar-refractivity contribution is -0.485. The third-order valence-electron chi connectivity index (χ3n) is 3.66. The van der Waals surface area contributed by atoms with Crippen LogP contribution in [0.2, 0.25) is 0 Å². The van der Waals surface area contributed by atoms with Crippen LogP contribution in [-0.4, -0.2) is 29.8 Å². The van der Waals surface area contributed by atoms with Crippen molar-refractivity contribution in [3.8, 4) is 0 Å². The van der Waals surface area contributed by atoms with Gasteiger partial charge in [-0.25, -0.2) is 0 Å². The van der Waals surface area contributed by atoms with Crippen LogP contribution in [0.1, 0.15) is 32.3 Å². The summed E-state index contributed by atoms with van der Waals surface area (Å²) in [5.74, 6) is -2.05. The van der Waals surface area contributed by atoms with Crippen LogP contribution in [0.15, 0.2) is 30.3 Å².